The third-order valence-electron chi connectivity index (χ3n) is 5.36. The first-order chi connectivity index (χ1) is 14.7. The summed E-state index contributed by atoms with van der Waals surface area (Å²) in [4.78, 5) is 17.3. The Hall–Kier alpha value is -1.78. The number of thiophene rings is 1. The molecular formula is C21H22ClN3O3S3. The summed E-state index contributed by atoms with van der Waals surface area (Å²) in [6.07, 6.45) is 0.943. The van der Waals surface area contributed by atoms with E-state index in [9.17, 15) is 13.2 Å². The molecule has 0 unspecified atom stereocenters. The summed E-state index contributed by atoms with van der Waals surface area (Å²) in [6.45, 7) is 4.71. The van der Waals surface area contributed by atoms with Crippen molar-refractivity contribution in [2.75, 3.05) is 18.4 Å². The van der Waals surface area contributed by atoms with E-state index in [2.05, 4.69) is 23.3 Å². The highest BCUT2D eigenvalue weighted by Gasteiger charge is 2.33. The van der Waals surface area contributed by atoms with Crippen LogP contribution in [0, 0.1) is 19.8 Å². The number of benzene rings is 1. The summed E-state index contributed by atoms with van der Waals surface area (Å²) in [5.41, 5.74) is 4.23. The van der Waals surface area contributed by atoms with Gasteiger partial charge in [-0.25, -0.2) is 13.4 Å². The fraction of sp³-hybridized carbons (Fsp3) is 0.333. The van der Waals surface area contributed by atoms with Gasteiger partial charge in [0.05, 0.1) is 10.0 Å². The molecule has 6 nitrogen and oxygen atoms in total. The van der Waals surface area contributed by atoms with E-state index in [4.69, 9.17) is 11.6 Å². The number of amides is 1. The van der Waals surface area contributed by atoms with Crippen LogP contribution in [0.5, 0.6) is 0 Å². The third-order valence-corrected chi connectivity index (χ3v) is 9.71. The molecule has 1 saturated heterocycles. The topological polar surface area (TPSA) is 79.4 Å². The molecule has 1 aromatic carbocycles. The van der Waals surface area contributed by atoms with Crippen molar-refractivity contribution in [1.82, 2.24) is 9.29 Å². The van der Waals surface area contributed by atoms with Gasteiger partial charge in [0, 0.05) is 30.0 Å². The molecule has 1 amide bonds. The van der Waals surface area contributed by atoms with Gasteiger partial charge in [-0.1, -0.05) is 35.4 Å². The molecule has 31 heavy (non-hydrogen) atoms. The number of sulfonamides is 1. The van der Waals surface area contributed by atoms with E-state index in [1.165, 1.54) is 27.3 Å². The number of hydrogen-bond donors (Lipinski definition) is 1. The Kier molecular flexibility index (Phi) is 6.50. The molecule has 1 N–H and O–H groups in total. The van der Waals surface area contributed by atoms with Crippen LogP contribution in [0.1, 0.15) is 24.0 Å². The molecule has 1 aliphatic heterocycles. The maximum Gasteiger partial charge on any atom is 0.252 e. The summed E-state index contributed by atoms with van der Waals surface area (Å²) >= 11 is 8.32. The van der Waals surface area contributed by atoms with Crippen LogP contribution in [0.25, 0.3) is 11.3 Å². The maximum atomic E-state index is 12.7. The average molecular weight is 496 g/mol. The summed E-state index contributed by atoms with van der Waals surface area (Å²) in [7, 11) is -3.56. The number of aromatic nitrogens is 1. The van der Waals surface area contributed by atoms with Crippen molar-refractivity contribution in [3.8, 4) is 11.3 Å². The van der Waals surface area contributed by atoms with Gasteiger partial charge in [-0.3, -0.25) is 4.79 Å². The molecule has 164 valence electrons. The number of aryl methyl sites for hydroxylation is 2. The number of rotatable bonds is 5. The molecular weight excluding hydrogens is 474 g/mol. The minimum atomic E-state index is -3.56. The highest BCUT2D eigenvalue weighted by Crippen LogP contribution is 2.32. The van der Waals surface area contributed by atoms with E-state index in [1.807, 2.05) is 24.4 Å². The molecule has 0 atom stereocenters. The number of carbonyl (C=O) groups excluding carboxylic acids is 1. The van der Waals surface area contributed by atoms with E-state index >= 15 is 0 Å². The zero-order valence-corrected chi connectivity index (χ0v) is 20.3. The standard InChI is InChI=1S/C21H22ClN3O3S3/c1-13-3-4-16(14(2)11-13)17-12-29-21(23-17)24-20(26)15-7-9-25(10-8-15)31(27,28)19-6-5-18(22)30-19/h3-6,11-12,15H,7-10H2,1-2H3,(H,23,24,26). The Morgan fingerprint density at radius 3 is 2.58 bits per heavy atom. The Labute approximate surface area is 194 Å². The average Bonchev–Trinajstić information content (AvgIpc) is 3.37. The number of nitrogens with one attached hydrogen (secondary N) is 1. The van der Waals surface area contributed by atoms with E-state index in [0.29, 0.717) is 35.4 Å². The molecule has 10 heteroatoms. The summed E-state index contributed by atoms with van der Waals surface area (Å²) in [5.74, 6) is -0.357. The Morgan fingerprint density at radius 2 is 1.94 bits per heavy atom. The van der Waals surface area contributed by atoms with Crippen molar-refractivity contribution < 1.29 is 13.2 Å². The van der Waals surface area contributed by atoms with Crippen LogP contribution in [-0.2, 0) is 14.8 Å². The minimum Gasteiger partial charge on any atom is -0.302 e. The number of anilines is 1. The number of hydrogen-bond acceptors (Lipinski definition) is 6. The van der Waals surface area contributed by atoms with E-state index in [-0.39, 0.29) is 16.0 Å². The molecule has 3 aromatic rings. The number of thiazole rings is 1. The molecule has 0 bridgehead atoms. The smallest absolute Gasteiger partial charge is 0.252 e. The molecule has 0 saturated carbocycles. The number of carbonyl (C=O) groups is 1. The van der Waals surface area contributed by atoms with Gasteiger partial charge in [-0.15, -0.1) is 22.7 Å². The van der Waals surface area contributed by atoms with Gasteiger partial charge < -0.3 is 5.32 Å². The zero-order valence-electron chi connectivity index (χ0n) is 17.1. The fourth-order valence-corrected chi connectivity index (χ4v) is 7.51. The number of halogens is 1. The van der Waals surface area contributed by atoms with Gasteiger partial charge in [0.15, 0.2) is 5.13 Å². The summed E-state index contributed by atoms with van der Waals surface area (Å²) in [5, 5.41) is 5.40. The van der Waals surface area contributed by atoms with Crippen LogP contribution in [0.3, 0.4) is 0 Å². The van der Waals surface area contributed by atoms with Gasteiger partial charge in [-0.05, 0) is 44.4 Å². The Morgan fingerprint density at radius 1 is 1.19 bits per heavy atom. The van der Waals surface area contributed by atoms with Crippen LogP contribution in [0.2, 0.25) is 4.34 Å². The van der Waals surface area contributed by atoms with Crippen LogP contribution in [0.4, 0.5) is 5.13 Å². The highest BCUT2D eigenvalue weighted by atomic mass is 35.5. The second-order valence-electron chi connectivity index (χ2n) is 7.58. The first kappa shape index (κ1) is 22.4. The van der Waals surface area contributed by atoms with Crippen molar-refractivity contribution >= 4 is 55.3 Å². The number of piperidine rings is 1. The minimum absolute atomic E-state index is 0.113. The quantitative estimate of drug-likeness (QED) is 0.528. The Balaban J connectivity index is 1.37. The molecule has 0 aliphatic carbocycles. The van der Waals surface area contributed by atoms with E-state index in [1.54, 1.807) is 6.07 Å². The summed E-state index contributed by atoms with van der Waals surface area (Å²) in [6, 6.07) is 9.31. The molecule has 1 aliphatic rings. The second kappa shape index (κ2) is 8.99. The van der Waals surface area contributed by atoms with Gasteiger partial charge in [-0.2, -0.15) is 4.31 Å². The zero-order chi connectivity index (χ0) is 22.2. The van der Waals surface area contributed by atoms with Gasteiger partial charge in [0.25, 0.3) is 10.0 Å². The largest absolute Gasteiger partial charge is 0.302 e. The molecule has 0 radical (unpaired) electrons. The van der Waals surface area contributed by atoms with Gasteiger partial charge in [0.1, 0.15) is 4.21 Å². The van der Waals surface area contributed by atoms with Crippen LogP contribution in [0.15, 0.2) is 39.9 Å². The van der Waals surface area contributed by atoms with E-state index < -0.39 is 10.0 Å². The van der Waals surface area contributed by atoms with Crippen molar-refractivity contribution in [3.63, 3.8) is 0 Å². The molecule has 4 rings (SSSR count). The predicted octanol–water partition coefficient (Wildman–Crippen LogP) is 5.18. The van der Waals surface area contributed by atoms with Crippen molar-refractivity contribution in [1.29, 1.82) is 0 Å². The van der Waals surface area contributed by atoms with Crippen LogP contribution >= 0.6 is 34.3 Å². The van der Waals surface area contributed by atoms with Gasteiger partial charge in [0.2, 0.25) is 5.91 Å². The highest BCUT2D eigenvalue weighted by molar-refractivity contribution is 7.91. The lowest BCUT2D eigenvalue weighted by molar-refractivity contribution is -0.120. The SMILES string of the molecule is Cc1ccc(-c2csc(NC(=O)C3CCN(S(=O)(=O)c4ccc(Cl)s4)CC3)n2)c(C)c1. The number of nitrogens with zero attached hydrogens (tertiary/aromatic N) is 2. The normalized spacial score (nSPS) is 15.8. The molecule has 3 heterocycles. The Bertz CT molecular complexity index is 1210. The maximum absolute atomic E-state index is 12.7. The van der Waals surface area contributed by atoms with Crippen LogP contribution in [-0.4, -0.2) is 36.7 Å². The monoisotopic (exact) mass is 495 g/mol. The van der Waals surface area contributed by atoms with Crippen LogP contribution < -0.4 is 5.32 Å². The van der Waals surface area contributed by atoms with Crippen molar-refractivity contribution in [2.24, 2.45) is 5.92 Å². The van der Waals surface area contributed by atoms with E-state index in [0.717, 1.165) is 28.2 Å². The first-order valence-corrected chi connectivity index (χ1v) is 13.3. The fourth-order valence-electron chi connectivity index (χ4n) is 3.69. The van der Waals surface area contributed by atoms with Gasteiger partial charge >= 0.3 is 0 Å². The predicted molar refractivity (Wildman–Crippen MR) is 126 cm³/mol. The molecule has 0 spiro atoms. The lowest BCUT2D eigenvalue weighted by atomic mass is 9.97. The lowest BCUT2D eigenvalue weighted by Crippen LogP contribution is -2.41. The summed E-state index contributed by atoms with van der Waals surface area (Å²) < 4.78 is 27.6. The molecule has 2 aromatic heterocycles. The molecule has 1 fully saturated rings. The second-order valence-corrected chi connectivity index (χ2v) is 12.3. The first-order valence-electron chi connectivity index (χ1n) is 9.83. The third kappa shape index (κ3) is 4.85. The lowest BCUT2D eigenvalue weighted by Gasteiger charge is -2.29. The van der Waals surface area contributed by atoms with Crippen molar-refractivity contribution in [3.05, 3.63) is 51.2 Å². The van der Waals surface area contributed by atoms with Crippen molar-refractivity contribution in [2.45, 2.75) is 30.9 Å².